The Kier molecular flexibility index (Phi) is 4.88. The van der Waals surface area contributed by atoms with Gasteiger partial charge in [-0.25, -0.2) is 0 Å². The maximum absolute atomic E-state index is 5.81. The van der Waals surface area contributed by atoms with E-state index in [2.05, 4.69) is 34.0 Å². The number of rotatable bonds is 5. The molecule has 0 aliphatic carbocycles. The third-order valence-corrected chi connectivity index (χ3v) is 3.84. The van der Waals surface area contributed by atoms with Crippen LogP contribution in [0.25, 0.3) is 0 Å². The van der Waals surface area contributed by atoms with E-state index in [-0.39, 0.29) is 0 Å². The molecule has 1 aromatic heterocycles. The Morgan fingerprint density at radius 1 is 1.37 bits per heavy atom. The first-order valence-electron chi connectivity index (χ1n) is 6.13. The fourth-order valence-corrected chi connectivity index (χ4v) is 2.48. The van der Waals surface area contributed by atoms with Crippen molar-refractivity contribution in [2.24, 2.45) is 7.05 Å². The lowest BCUT2D eigenvalue weighted by atomic mass is 10.2. The van der Waals surface area contributed by atoms with Crippen molar-refractivity contribution in [2.75, 3.05) is 0 Å². The molecule has 0 radical (unpaired) electrons. The molecule has 1 heterocycles. The first kappa shape index (κ1) is 14.4. The van der Waals surface area contributed by atoms with Gasteiger partial charge in [0.1, 0.15) is 12.4 Å². The van der Waals surface area contributed by atoms with Crippen molar-refractivity contribution < 1.29 is 4.74 Å². The van der Waals surface area contributed by atoms with E-state index in [0.29, 0.717) is 12.5 Å². The smallest absolute Gasteiger partial charge is 0.134 e. The molecule has 2 rings (SSSR count). The average Bonchev–Trinajstić information content (AvgIpc) is 2.78. The molecular weight excluding hydrogens is 328 g/mol. The Hall–Kier alpha value is -1.00. The van der Waals surface area contributed by atoms with Crippen LogP contribution in [-0.4, -0.2) is 9.78 Å². The van der Waals surface area contributed by atoms with Crippen molar-refractivity contribution in [1.29, 1.82) is 0 Å². The van der Waals surface area contributed by atoms with E-state index in [4.69, 9.17) is 16.3 Å². The third-order valence-electron chi connectivity index (χ3n) is 2.92. The van der Waals surface area contributed by atoms with Crippen molar-refractivity contribution >= 4 is 27.5 Å². The minimum absolute atomic E-state index is 0.500. The van der Waals surface area contributed by atoms with Crippen molar-refractivity contribution in [3.05, 3.63) is 45.7 Å². The molecule has 0 fully saturated rings. The molecule has 102 valence electrons. The molecule has 0 amide bonds. The first-order valence-corrected chi connectivity index (χ1v) is 7.45. The van der Waals surface area contributed by atoms with Gasteiger partial charge in [0.25, 0.3) is 0 Å². The molecule has 1 aromatic carbocycles. The molecule has 0 unspecified atom stereocenters. The second kappa shape index (κ2) is 6.44. The van der Waals surface area contributed by atoms with E-state index >= 15 is 0 Å². The molecule has 0 aliphatic heterocycles. The average molecular weight is 344 g/mol. The molecule has 2 aromatic rings. The Bertz CT molecular complexity index is 569. The zero-order valence-electron chi connectivity index (χ0n) is 11.0. The lowest BCUT2D eigenvalue weighted by Gasteiger charge is -2.09. The van der Waals surface area contributed by atoms with Crippen LogP contribution in [0.1, 0.15) is 23.9 Å². The number of hydrogen-bond donors (Lipinski definition) is 0. The van der Waals surface area contributed by atoms with E-state index in [0.717, 1.165) is 33.6 Å². The van der Waals surface area contributed by atoms with Crippen LogP contribution in [0.15, 0.2) is 28.7 Å². The second-order valence-corrected chi connectivity index (χ2v) is 5.41. The van der Waals surface area contributed by atoms with Gasteiger partial charge >= 0.3 is 0 Å². The zero-order valence-corrected chi connectivity index (χ0v) is 13.3. The van der Waals surface area contributed by atoms with Crippen LogP contribution in [0.2, 0.25) is 0 Å². The summed E-state index contributed by atoms with van der Waals surface area (Å²) in [5, 5.41) is 4.40. The lowest BCUT2D eigenvalue weighted by molar-refractivity contribution is 0.293. The minimum atomic E-state index is 0.500. The molecule has 0 bridgehead atoms. The molecule has 0 spiro atoms. The van der Waals surface area contributed by atoms with E-state index in [9.17, 15) is 0 Å². The van der Waals surface area contributed by atoms with Gasteiger partial charge in [-0.05, 0) is 46.1 Å². The normalized spacial score (nSPS) is 10.7. The molecule has 0 saturated heterocycles. The highest BCUT2D eigenvalue weighted by molar-refractivity contribution is 9.10. The van der Waals surface area contributed by atoms with E-state index < -0.39 is 0 Å². The largest absolute Gasteiger partial charge is 0.486 e. The molecule has 5 heteroatoms. The summed E-state index contributed by atoms with van der Waals surface area (Å²) in [6.45, 7) is 2.59. The standard InChI is InChI=1S/C14H16BrClN2O/c1-3-11-7-12(18(2)17-11)9-19-14-5-4-10(8-16)6-13(14)15/h4-7H,3,8-9H2,1-2H3. The number of alkyl halides is 1. The van der Waals surface area contributed by atoms with Gasteiger partial charge in [-0.3, -0.25) is 4.68 Å². The lowest BCUT2D eigenvalue weighted by Crippen LogP contribution is -2.03. The Morgan fingerprint density at radius 2 is 2.16 bits per heavy atom. The number of hydrogen-bond acceptors (Lipinski definition) is 2. The number of aryl methyl sites for hydroxylation is 2. The van der Waals surface area contributed by atoms with Gasteiger partial charge in [0.05, 0.1) is 15.9 Å². The SMILES string of the molecule is CCc1cc(COc2ccc(CCl)cc2Br)n(C)n1. The van der Waals surface area contributed by atoms with Gasteiger partial charge in [0, 0.05) is 12.9 Å². The van der Waals surface area contributed by atoms with Crippen LogP contribution in [-0.2, 0) is 26.0 Å². The first-order chi connectivity index (χ1) is 9.13. The fraction of sp³-hybridized carbons (Fsp3) is 0.357. The second-order valence-electron chi connectivity index (χ2n) is 4.29. The maximum atomic E-state index is 5.81. The predicted octanol–water partition coefficient (Wildman–Crippen LogP) is 4.06. The van der Waals surface area contributed by atoms with Crippen LogP contribution in [0.5, 0.6) is 5.75 Å². The number of halogens is 2. The van der Waals surface area contributed by atoms with Gasteiger partial charge < -0.3 is 4.74 Å². The van der Waals surface area contributed by atoms with Crippen molar-refractivity contribution in [3.8, 4) is 5.75 Å². The van der Waals surface area contributed by atoms with E-state index in [1.54, 1.807) is 0 Å². The Balaban J connectivity index is 2.07. The summed E-state index contributed by atoms with van der Waals surface area (Å²) in [7, 11) is 1.93. The maximum Gasteiger partial charge on any atom is 0.134 e. The van der Waals surface area contributed by atoms with Gasteiger partial charge in [0.15, 0.2) is 0 Å². The van der Waals surface area contributed by atoms with Crippen LogP contribution in [0, 0.1) is 0 Å². The minimum Gasteiger partial charge on any atom is -0.486 e. The van der Waals surface area contributed by atoms with E-state index in [1.165, 1.54) is 0 Å². The summed E-state index contributed by atoms with van der Waals surface area (Å²) >= 11 is 9.28. The number of ether oxygens (including phenoxy) is 1. The monoisotopic (exact) mass is 342 g/mol. The van der Waals surface area contributed by atoms with Gasteiger partial charge in [-0.1, -0.05) is 13.0 Å². The summed E-state index contributed by atoms with van der Waals surface area (Å²) in [6, 6.07) is 7.94. The molecule has 0 aliphatic rings. The molecule has 0 N–H and O–H groups in total. The van der Waals surface area contributed by atoms with Gasteiger partial charge in [-0.2, -0.15) is 5.10 Å². The van der Waals surface area contributed by atoms with Crippen molar-refractivity contribution in [3.63, 3.8) is 0 Å². The van der Waals surface area contributed by atoms with Crippen molar-refractivity contribution in [2.45, 2.75) is 25.8 Å². The van der Waals surface area contributed by atoms with E-state index in [1.807, 2.05) is 29.9 Å². The highest BCUT2D eigenvalue weighted by atomic mass is 79.9. The van der Waals surface area contributed by atoms with Crippen LogP contribution in [0.3, 0.4) is 0 Å². The fourth-order valence-electron chi connectivity index (χ4n) is 1.78. The quantitative estimate of drug-likeness (QED) is 0.765. The molecule has 0 atom stereocenters. The van der Waals surface area contributed by atoms with Crippen LogP contribution >= 0.6 is 27.5 Å². The molecular formula is C14H16BrClN2O. The van der Waals surface area contributed by atoms with Crippen LogP contribution in [0.4, 0.5) is 0 Å². The van der Waals surface area contributed by atoms with Crippen molar-refractivity contribution in [1.82, 2.24) is 9.78 Å². The summed E-state index contributed by atoms with van der Waals surface area (Å²) in [5.41, 5.74) is 3.21. The topological polar surface area (TPSA) is 27.1 Å². The summed E-state index contributed by atoms with van der Waals surface area (Å²) < 4.78 is 8.59. The number of aromatic nitrogens is 2. The summed E-state index contributed by atoms with van der Waals surface area (Å²) in [4.78, 5) is 0. The Morgan fingerprint density at radius 3 is 2.74 bits per heavy atom. The highest BCUT2D eigenvalue weighted by Gasteiger charge is 2.07. The molecule has 19 heavy (non-hydrogen) atoms. The zero-order chi connectivity index (χ0) is 13.8. The molecule has 3 nitrogen and oxygen atoms in total. The van der Waals surface area contributed by atoms with Gasteiger partial charge in [-0.15, -0.1) is 11.6 Å². The summed E-state index contributed by atoms with van der Waals surface area (Å²) in [5.74, 6) is 1.31. The third kappa shape index (κ3) is 3.51. The summed E-state index contributed by atoms with van der Waals surface area (Å²) in [6.07, 6.45) is 0.932. The van der Waals surface area contributed by atoms with Gasteiger partial charge in [0.2, 0.25) is 0 Å². The highest BCUT2D eigenvalue weighted by Crippen LogP contribution is 2.27. The Labute approximate surface area is 126 Å². The number of benzene rings is 1. The van der Waals surface area contributed by atoms with Crippen LogP contribution < -0.4 is 4.74 Å². The molecule has 0 saturated carbocycles. The number of nitrogens with zero attached hydrogens (tertiary/aromatic N) is 2. The predicted molar refractivity (Wildman–Crippen MR) is 80.6 cm³/mol.